The second kappa shape index (κ2) is 6.96. The number of benzene rings is 1. The van der Waals surface area contributed by atoms with Crippen LogP contribution in [0.2, 0.25) is 0 Å². The van der Waals surface area contributed by atoms with Gasteiger partial charge >= 0.3 is 0 Å². The van der Waals surface area contributed by atoms with Crippen LogP contribution in [0.1, 0.15) is 45.7 Å². The summed E-state index contributed by atoms with van der Waals surface area (Å²) in [6.45, 7) is 8.13. The zero-order chi connectivity index (χ0) is 19.1. The number of aromatic nitrogens is 2. The van der Waals surface area contributed by atoms with E-state index in [4.69, 9.17) is 0 Å². The fourth-order valence-corrected chi connectivity index (χ4v) is 5.34. The second-order valence-corrected chi connectivity index (χ2v) is 8.98. The third-order valence-corrected chi connectivity index (χ3v) is 7.44. The molecular weight excluding hydrogens is 350 g/mol. The maximum absolute atomic E-state index is 12.9. The summed E-state index contributed by atoms with van der Waals surface area (Å²) in [4.78, 5) is 13.0. The van der Waals surface area contributed by atoms with Gasteiger partial charge in [-0.2, -0.15) is 9.40 Å². The molecule has 0 saturated carbocycles. The molecular formula is C19H25N3O3S. The van der Waals surface area contributed by atoms with Crippen LogP contribution >= 0.6 is 0 Å². The van der Waals surface area contributed by atoms with Gasteiger partial charge in [0.1, 0.15) is 4.90 Å². The Hall–Kier alpha value is -1.99. The van der Waals surface area contributed by atoms with Crippen LogP contribution < -0.4 is 0 Å². The third-order valence-electron chi connectivity index (χ3n) is 5.27. The van der Waals surface area contributed by atoms with Gasteiger partial charge in [0.25, 0.3) is 0 Å². The normalized spacial score (nSPS) is 16.8. The predicted molar refractivity (Wildman–Crippen MR) is 99.8 cm³/mol. The Labute approximate surface area is 154 Å². The number of hydrogen-bond donors (Lipinski definition) is 1. The molecule has 2 aromatic rings. The van der Waals surface area contributed by atoms with Crippen LogP contribution in [-0.2, 0) is 10.0 Å². The van der Waals surface area contributed by atoms with Gasteiger partial charge in [-0.1, -0.05) is 12.1 Å². The van der Waals surface area contributed by atoms with E-state index < -0.39 is 10.0 Å². The van der Waals surface area contributed by atoms with Crippen LogP contribution in [0.5, 0.6) is 0 Å². The molecule has 1 aromatic carbocycles. The molecule has 0 amide bonds. The largest absolute Gasteiger partial charge is 0.294 e. The van der Waals surface area contributed by atoms with Gasteiger partial charge in [0.05, 0.1) is 11.4 Å². The minimum atomic E-state index is -3.58. The highest BCUT2D eigenvalue weighted by Gasteiger charge is 2.34. The molecule has 0 radical (unpaired) electrons. The number of carbonyl (C=O) groups excluding carboxylic acids is 1. The highest BCUT2D eigenvalue weighted by molar-refractivity contribution is 7.89. The Morgan fingerprint density at radius 1 is 1.12 bits per heavy atom. The molecule has 1 saturated heterocycles. The summed E-state index contributed by atoms with van der Waals surface area (Å²) in [5, 5.41) is 6.72. The first kappa shape index (κ1) is 18.8. The smallest absolute Gasteiger partial charge is 0.246 e. The van der Waals surface area contributed by atoms with Crippen LogP contribution in [0.3, 0.4) is 0 Å². The summed E-state index contributed by atoms with van der Waals surface area (Å²) >= 11 is 0. The number of carbonyl (C=O) groups is 1. The second-order valence-electron chi connectivity index (χ2n) is 7.10. The molecule has 0 spiro atoms. The summed E-state index contributed by atoms with van der Waals surface area (Å²) in [5.41, 5.74) is 4.01. The number of hydrogen-bond acceptors (Lipinski definition) is 4. The van der Waals surface area contributed by atoms with Crippen molar-refractivity contribution in [3.05, 3.63) is 46.3 Å². The number of aromatic amines is 1. The van der Waals surface area contributed by atoms with E-state index in [0.717, 1.165) is 16.7 Å². The first-order chi connectivity index (χ1) is 12.2. The number of aryl methyl sites for hydroxylation is 4. The van der Waals surface area contributed by atoms with Gasteiger partial charge in [0.15, 0.2) is 5.78 Å². The molecule has 1 aromatic heterocycles. The van der Waals surface area contributed by atoms with Crippen LogP contribution in [0.4, 0.5) is 0 Å². The summed E-state index contributed by atoms with van der Waals surface area (Å²) in [6.07, 6.45) is 1.09. The van der Waals surface area contributed by atoms with E-state index in [9.17, 15) is 13.2 Å². The minimum Gasteiger partial charge on any atom is -0.294 e. The van der Waals surface area contributed by atoms with Crippen LogP contribution in [0.25, 0.3) is 0 Å². The predicted octanol–water partition coefficient (Wildman–Crippen LogP) is 2.93. The van der Waals surface area contributed by atoms with Crippen molar-refractivity contribution in [1.29, 1.82) is 0 Å². The van der Waals surface area contributed by atoms with Crippen molar-refractivity contribution >= 4 is 15.8 Å². The van der Waals surface area contributed by atoms with Crippen molar-refractivity contribution in [3.8, 4) is 0 Å². The van der Waals surface area contributed by atoms with E-state index in [-0.39, 0.29) is 16.6 Å². The molecule has 0 bridgehead atoms. The number of nitrogens with zero attached hydrogens (tertiary/aromatic N) is 2. The lowest BCUT2D eigenvalue weighted by molar-refractivity contribution is 0.0875. The van der Waals surface area contributed by atoms with Gasteiger partial charge in [-0.3, -0.25) is 9.89 Å². The van der Waals surface area contributed by atoms with E-state index in [1.165, 1.54) is 4.31 Å². The van der Waals surface area contributed by atoms with E-state index in [1.807, 2.05) is 32.0 Å². The fourth-order valence-electron chi connectivity index (χ4n) is 3.54. The molecule has 2 heterocycles. The van der Waals surface area contributed by atoms with Gasteiger partial charge in [-0.25, -0.2) is 8.42 Å². The molecule has 0 atom stereocenters. The third kappa shape index (κ3) is 3.33. The van der Waals surface area contributed by atoms with Crippen LogP contribution in [0, 0.1) is 33.6 Å². The van der Waals surface area contributed by atoms with Crippen molar-refractivity contribution in [2.45, 2.75) is 45.4 Å². The van der Waals surface area contributed by atoms with Crippen molar-refractivity contribution in [2.24, 2.45) is 5.92 Å². The monoisotopic (exact) mass is 375 g/mol. The molecule has 1 aliphatic rings. The number of rotatable bonds is 4. The maximum Gasteiger partial charge on any atom is 0.246 e. The van der Waals surface area contributed by atoms with E-state index in [0.29, 0.717) is 37.3 Å². The number of Topliss-reactive ketones (excluding diaryl/α,β-unsaturated/α-hetero) is 1. The van der Waals surface area contributed by atoms with Gasteiger partial charge in [-0.15, -0.1) is 0 Å². The lowest BCUT2D eigenvalue weighted by Crippen LogP contribution is -2.40. The molecule has 6 nitrogen and oxygen atoms in total. The van der Waals surface area contributed by atoms with Crippen molar-refractivity contribution in [1.82, 2.24) is 14.5 Å². The van der Waals surface area contributed by atoms with Crippen LogP contribution in [-0.4, -0.2) is 41.8 Å². The van der Waals surface area contributed by atoms with E-state index in [1.54, 1.807) is 13.8 Å². The number of nitrogens with one attached hydrogen (secondary N) is 1. The van der Waals surface area contributed by atoms with Crippen molar-refractivity contribution < 1.29 is 13.2 Å². The van der Waals surface area contributed by atoms with Crippen LogP contribution in [0.15, 0.2) is 23.1 Å². The average Bonchev–Trinajstić information content (AvgIpc) is 2.96. The summed E-state index contributed by atoms with van der Waals surface area (Å²) < 4.78 is 27.3. The van der Waals surface area contributed by atoms with Gasteiger partial charge < -0.3 is 0 Å². The van der Waals surface area contributed by atoms with E-state index in [2.05, 4.69) is 10.2 Å². The molecule has 1 N–H and O–H groups in total. The van der Waals surface area contributed by atoms with E-state index >= 15 is 0 Å². The zero-order valence-electron chi connectivity index (χ0n) is 15.7. The molecule has 26 heavy (non-hydrogen) atoms. The number of sulfonamides is 1. The Morgan fingerprint density at radius 3 is 2.31 bits per heavy atom. The molecule has 0 unspecified atom stereocenters. The standard InChI is InChI=1S/C19H25N3O3S/c1-12-5-6-17(11-13(12)2)18(23)16-7-9-22(10-8-16)26(24,25)19-14(3)20-21-15(19)4/h5-6,11,16H,7-10H2,1-4H3,(H,20,21). The van der Waals surface area contributed by atoms with Gasteiger partial charge in [0.2, 0.25) is 10.0 Å². The Bertz CT molecular complexity index is 919. The maximum atomic E-state index is 12.9. The Morgan fingerprint density at radius 2 is 1.77 bits per heavy atom. The fraction of sp³-hybridized carbons (Fsp3) is 0.474. The zero-order valence-corrected chi connectivity index (χ0v) is 16.5. The highest BCUT2D eigenvalue weighted by atomic mass is 32.2. The average molecular weight is 375 g/mol. The number of ketones is 1. The number of H-pyrrole nitrogens is 1. The lowest BCUT2D eigenvalue weighted by Gasteiger charge is -2.30. The first-order valence-electron chi connectivity index (χ1n) is 8.85. The van der Waals surface area contributed by atoms with Crippen molar-refractivity contribution in [2.75, 3.05) is 13.1 Å². The van der Waals surface area contributed by atoms with Crippen molar-refractivity contribution in [3.63, 3.8) is 0 Å². The first-order valence-corrected chi connectivity index (χ1v) is 10.3. The molecule has 7 heteroatoms. The molecule has 0 aliphatic carbocycles. The Kier molecular flexibility index (Phi) is 5.03. The Balaban J connectivity index is 1.73. The van der Waals surface area contributed by atoms with Gasteiger partial charge in [0, 0.05) is 24.6 Å². The summed E-state index contributed by atoms with van der Waals surface area (Å²) in [7, 11) is -3.58. The number of piperidine rings is 1. The molecule has 1 fully saturated rings. The molecule has 1 aliphatic heterocycles. The SMILES string of the molecule is Cc1ccc(C(=O)C2CCN(S(=O)(=O)c3c(C)n[nH]c3C)CC2)cc1C. The highest BCUT2D eigenvalue weighted by Crippen LogP contribution is 2.28. The molecule has 140 valence electrons. The minimum absolute atomic E-state index is 0.112. The lowest BCUT2D eigenvalue weighted by atomic mass is 9.88. The summed E-state index contributed by atoms with van der Waals surface area (Å²) in [5.74, 6) is -0.0177. The molecule has 3 rings (SSSR count). The summed E-state index contributed by atoms with van der Waals surface area (Å²) in [6, 6.07) is 5.76. The topological polar surface area (TPSA) is 83.1 Å². The van der Waals surface area contributed by atoms with Gasteiger partial charge in [-0.05, 0) is 57.7 Å². The quantitative estimate of drug-likeness (QED) is 0.833.